The lowest BCUT2D eigenvalue weighted by molar-refractivity contribution is -0.151. The van der Waals surface area contributed by atoms with Crippen molar-refractivity contribution in [3.63, 3.8) is 0 Å². The minimum Gasteiger partial charge on any atom is -0.481 e. The molecule has 1 fully saturated rings. The predicted molar refractivity (Wildman–Crippen MR) is 76.4 cm³/mol. The molecule has 0 aromatic heterocycles. The van der Waals surface area contributed by atoms with Gasteiger partial charge in [-0.3, -0.25) is 9.59 Å². The van der Waals surface area contributed by atoms with E-state index in [9.17, 15) is 14.7 Å². The summed E-state index contributed by atoms with van der Waals surface area (Å²) in [6, 6.07) is 0. The number of carbonyl (C=O) groups excluding carboxylic acids is 1. The number of ether oxygens (including phenoxy) is 1. The van der Waals surface area contributed by atoms with Crippen LogP contribution < -0.4 is 5.32 Å². The molecule has 0 aromatic rings. The Kier molecular flexibility index (Phi) is 6.99. The molecule has 1 amide bonds. The van der Waals surface area contributed by atoms with Crippen molar-refractivity contribution in [2.75, 3.05) is 19.8 Å². The van der Waals surface area contributed by atoms with Crippen LogP contribution >= 0.6 is 0 Å². The van der Waals surface area contributed by atoms with Crippen LogP contribution in [-0.4, -0.2) is 36.7 Å². The highest BCUT2D eigenvalue weighted by atomic mass is 16.5. The van der Waals surface area contributed by atoms with Crippen molar-refractivity contribution in [3.05, 3.63) is 0 Å². The first-order valence-electron chi connectivity index (χ1n) is 7.54. The van der Waals surface area contributed by atoms with E-state index in [0.29, 0.717) is 31.9 Å². The molecule has 0 heterocycles. The quantitative estimate of drug-likeness (QED) is 0.637. The maximum atomic E-state index is 11.8. The van der Waals surface area contributed by atoms with Crippen molar-refractivity contribution in [2.45, 2.75) is 52.4 Å². The van der Waals surface area contributed by atoms with Crippen LogP contribution in [0.5, 0.6) is 0 Å². The Morgan fingerprint density at radius 1 is 1.30 bits per heavy atom. The summed E-state index contributed by atoms with van der Waals surface area (Å²) in [5.74, 6) is -0.467. The number of carbonyl (C=O) groups is 2. The van der Waals surface area contributed by atoms with E-state index in [0.717, 1.165) is 25.9 Å². The van der Waals surface area contributed by atoms with Gasteiger partial charge in [-0.15, -0.1) is 0 Å². The van der Waals surface area contributed by atoms with E-state index in [4.69, 9.17) is 4.74 Å². The van der Waals surface area contributed by atoms with E-state index < -0.39 is 11.4 Å². The summed E-state index contributed by atoms with van der Waals surface area (Å²) >= 11 is 0. The Labute approximate surface area is 121 Å². The van der Waals surface area contributed by atoms with E-state index in [2.05, 4.69) is 19.2 Å². The first-order chi connectivity index (χ1) is 9.46. The Morgan fingerprint density at radius 3 is 2.50 bits per heavy atom. The molecule has 0 aromatic carbocycles. The lowest BCUT2D eigenvalue weighted by Crippen LogP contribution is -2.36. The van der Waals surface area contributed by atoms with E-state index in [1.807, 2.05) is 0 Å². The smallest absolute Gasteiger partial charge is 0.310 e. The predicted octanol–water partition coefficient (Wildman–Crippen LogP) is 2.20. The zero-order chi connectivity index (χ0) is 15.0. The Balaban J connectivity index is 2.18. The van der Waals surface area contributed by atoms with Crippen LogP contribution in [0.25, 0.3) is 0 Å². The molecule has 0 saturated heterocycles. The number of carboxylic acid groups (broad SMARTS) is 1. The van der Waals surface area contributed by atoms with Crippen LogP contribution in [0.4, 0.5) is 0 Å². The highest BCUT2D eigenvalue weighted by Crippen LogP contribution is 2.41. The molecule has 1 aliphatic carbocycles. The van der Waals surface area contributed by atoms with Gasteiger partial charge in [0.15, 0.2) is 0 Å². The summed E-state index contributed by atoms with van der Waals surface area (Å²) in [5, 5.41) is 12.1. The van der Waals surface area contributed by atoms with Crippen molar-refractivity contribution < 1.29 is 19.4 Å². The summed E-state index contributed by atoms with van der Waals surface area (Å²) < 4.78 is 5.42. The summed E-state index contributed by atoms with van der Waals surface area (Å²) in [5.41, 5.74) is -0.821. The highest BCUT2D eigenvalue weighted by Gasteiger charge is 2.42. The molecular weight excluding hydrogens is 258 g/mol. The van der Waals surface area contributed by atoms with Crippen molar-refractivity contribution in [1.29, 1.82) is 0 Å². The molecule has 20 heavy (non-hydrogen) atoms. The second-order valence-electron chi connectivity index (χ2n) is 6.14. The van der Waals surface area contributed by atoms with Gasteiger partial charge < -0.3 is 15.2 Å². The monoisotopic (exact) mass is 285 g/mol. The van der Waals surface area contributed by atoms with Gasteiger partial charge in [0.2, 0.25) is 5.91 Å². The largest absolute Gasteiger partial charge is 0.481 e. The van der Waals surface area contributed by atoms with Crippen LogP contribution in [0.2, 0.25) is 0 Å². The third-order valence-electron chi connectivity index (χ3n) is 3.75. The maximum absolute atomic E-state index is 11.8. The third-order valence-corrected chi connectivity index (χ3v) is 3.75. The van der Waals surface area contributed by atoms with Crippen LogP contribution in [0.3, 0.4) is 0 Å². The van der Waals surface area contributed by atoms with Gasteiger partial charge in [0.1, 0.15) is 0 Å². The number of aliphatic carboxylic acids is 1. The van der Waals surface area contributed by atoms with Gasteiger partial charge in [0.05, 0.1) is 5.41 Å². The fourth-order valence-electron chi connectivity index (χ4n) is 2.61. The molecule has 5 nitrogen and oxygen atoms in total. The molecule has 0 spiro atoms. The fraction of sp³-hybridized carbons (Fsp3) is 0.867. The van der Waals surface area contributed by atoms with E-state index in [1.165, 1.54) is 0 Å². The number of hydrogen-bond donors (Lipinski definition) is 2. The summed E-state index contributed by atoms with van der Waals surface area (Å²) in [4.78, 5) is 23.2. The second kappa shape index (κ2) is 8.25. The Hall–Kier alpha value is -1.10. The summed E-state index contributed by atoms with van der Waals surface area (Å²) in [6.07, 6.45) is 3.92. The molecule has 116 valence electrons. The third kappa shape index (κ3) is 5.49. The van der Waals surface area contributed by atoms with Crippen molar-refractivity contribution in [1.82, 2.24) is 5.32 Å². The lowest BCUT2D eigenvalue weighted by atomic mass is 9.82. The van der Waals surface area contributed by atoms with Gasteiger partial charge in [-0.05, 0) is 25.2 Å². The molecule has 1 rings (SSSR count). The van der Waals surface area contributed by atoms with E-state index in [1.54, 1.807) is 0 Å². The molecule has 0 bridgehead atoms. The van der Waals surface area contributed by atoms with Gasteiger partial charge >= 0.3 is 5.97 Å². The number of rotatable bonds is 9. The Bertz CT molecular complexity index is 322. The molecule has 2 N–H and O–H groups in total. The zero-order valence-corrected chi connectivity index (χ0v) is 12.6. The minimum absolute atomic E-state index is 0.106. The second-order valence-corrected chi connectivity index (χ2v) is 6.14. The van der Waals surface area contributed by atoms with Gasteiger partial charge in [-0.25, -0.2) is 0 Å². The average molecular weight is 285 g/mol. The fourth-order valence-corrected chi connectivity index (χ4v) is 2.61. The molecular formula is C15H27NO4. The van der Waals surface area contributed by atoms with Crippen LogP contribution in [0, 0.1) is 11.3 Å². The molecule has 1 aliphatic rings. The number of carboxylic acids is 1. The Morgan fingerprint density at radius 2 is 1.95 bits per heavy atom. The zero-order valence-electron chi connectivity index (χ0n) is 12.6. The first-order valence-corrected chi connectivity index (χ1v) is 7.54. The maximum Gasteiger partial charge on any atom is 0.310 e. The lowest BCUT2D eigenvalue weighted by Gasteiger charge is -2.22. The molecule has 0 aliphatic heterocycles. The van der Waals surface area contributed by atoms with Crippen LogP contribution in [-0.2, 0) is 14.3 Å². The molecule has 0 atom stereocenters. The molecule has 5 heteroatoms. The van der Waals surface area contributed by atoms with E-state index in [-0.39, 0.29) is 12.3 Å². The van der Waals surface area contributed by atoms with Crippen molar-refractivity contribution in [3.8, 4) is 0 Å². The standard InChI is InChI=1S/C15H27NO4/c1-12(2)11-20-9-5-8-16-13(17)10-15(14(18)19)6-3-4-7-15/h12H,3-11H2,1-2H3,(H,16,17)(H,18,19). The number of nitrogens with one attached hydrogen (secondary N) is 1. The average Bonchev–Trinajstić information content (AvgIpc) is 2.83. The number of hydrogen-bond acceptors (Lipinski definition) is 3. The highest BCUT2D eigenvalue weighted by molar-refractivity contribution is 5.85. The molecule has 0 unspecified atom stereocenters. The van der Waals surface area contributed by atoms with Gasteiger partial charge in [0.25, 0.3) is 0 Å². The summed E-state index contributed by atoms with van der Waals surface area (Å²) in [7, 11) is 0. The van der Waals surface area contributed by atoms with Gasteiger partial charge in [-0.1, -0.05) is 26.7 Å². The van der Waals surface area contributed by atoms with E-state index >= 15 is 0 Å². The minimum atomic E-state index is -0.828. The molecule has 1 saturated carbocycles. The normalized spacial score (nSPS) is 17.4. The van der Waals surface area contributed by atoms with Gasteiger partial charge in [-0.2, -0.15) is 0 Å². The van der Waals surface area contributed by atoms with Gasteiger partial charge in [0, 0.05) is 26.2 Å². The van der Waals surface area contributed by atoms with Crippen molar-refractivity contribution in [2.24, 2.45) is 11.3 Å². The first kappa shape index (κ1) is 17.0. The van der Waals surface area contributed by atoms with Crippen molar-refractivity contribution >= 4 is 11.9 Å². The molecule has 0 radical (unpaired) electrons. The number of amides is 1. The van der Waals surface area contributed by atoms with Crippen LogP contribution in [0.1, 0.15) is 52.4 Å². The van der Waals surface area contributed by atoms with Crippen LogP contribution in [0.15, 0.2) is 0 Å². The topological polar surface area (TPSA) is 75.6 Å². The summed E-state index contributed by atoms with van der Waals surface area (Å²) in [6.45, 7) is 6.09. The SMILES string of the molecule is CC(C)COCCCNC(=O)CC1(C(=O)O)CCCC1.